The normalized spacial score (nSPS) is 11.4. The predicted octanol–water partition coefficient (Wildman–Crippen LogP) is 3.79. The standard InChI is InChI=1S/C11H10ClF3O2/c1-3-17-8-5-4-7(9(12)6(8)2)10(16)11(13,14)15/h4-5H,3H2,1-2H3. The Labute approximate surface area is 101 Å². The van der Waals surface area contributed by atoms with Crippen LogP contribution in [0.4, 0.5) is 13.2 Å². The number of ether oxygens (including phenoxy) is 1. The number of hydrogen-bond donors (Lipinski definition) is 0. The molecule has 0 atom stereocenters. The number of ketones is 1. The second-order valence-electron chi connectivity index (χ2n) is 3.31. The average Bonchev–Trinajstić information content (AvgIpc) is 2.23. The Bertz CT molecular complexity index is 441. The van der Waals surface area contributed by atoms with Crippen LogP contribution in [0.3, 0.4) is 0 Å². The molecule has 0 fully saturated rings. The topological polar surface area (TPSA) is 26.3 Å². The minimum Gasteiger partial charge on any atom is -0.494 e. The van der Waals surface area contributed by atoms with Gasteiger partial charge in [0, 0.05) is 11.1 Å². The van der Waals surface area contributed by atoms with Crippen LogP contribution in [0.2, 0.25) is 5.02 Å². The first-order chi connectivity index (χ1) is 7.79. The van der Waals surface area contributed by atoms with E-state index in [0.717, 1.165) is 6.07 Å². The maximum Gasteiger partial charge on any atom is 0.454 e. The first kappa shape index (κ1) is 13.8. The SMILES string of the molecule is CCOc1ccc(C(=O)C(F)(F)F)c(Cl)c1C. The molecule has 1 aromatic rings. The lowest BCUT2D eigenvalue weighted by atomic mass is 10.1. The van der Waals surface area contributed by atoms with E-state index in [4.69, 9.17) is 16.3 Å². The maximum absolute atomic E-state index is 12.3. The maximum atomic E-state index is 12.3. The fraction of sp³-hybridized carbons (Fsp3) is 0.364. The number of rotatable bonds is 3. The summed E-state index contributed by atoms with van der Waals surface area (Å²) in [4.78, 5) is 11.1. The van der Waals surface area contributed by atoms with E-state index in [1.54, 1.807) is 6.92 Å². The third-order valence-electron chi connectivity index (χ3n) is 2.14. The molecule has 0 radical (unpaired) electrons. The Morgan fingerprint density at radius 2 is 2.00 bits per heavy atom. The molecule has 0 unspecified atom stereocenters. The molecule has 0 bridgehead atoms. The summed E-state index contributed by atoms with van der Waals surface area (Å²) in [6.45, 7) is 3.60. The summed E-state index contributed by atoms with van der Waals surface area (Å²) in [5.41, 5.74) is -0.233. The molecule has 0 spiro atoms. The number of hydrogen-bond acceptors (Lipinski definition) is 2. The Morgan fingerprint density at radius 3 is 2.47 bits per heavy atom. The number of halogens is 4. The van der Waals surface area contributed by atoms with Crippen LogP contribution >= 0.6 is 11.6 Å². The van der Waals surface area contributed by atoms with Gasteiger partial charge >= 0.3 is 6.18 Å². The van der Waals surface area contributed by atoms with Crippen LogP contribution in [0.1, 0.15) is 22.8 Å². The predicted molar refractivity (Wildman–Crippen MR) is 57.7 cm³/mol. The van der Waals surface area contributed by atoms with E-state index in [1.165, 1.54) is 13.0 Å². The van der Waals surface area contributed by atoms with Crippen molar-refractivity contribution in [3.05, 3.63) is 28.3 Å². The molecule has 2 nitrogen and oxygen atoms in total. The van der Waals surface area contributed by atoms with Crippen molar-refractivity contribution in [2.24, 2.45) is 0 Å². The van der Waals surface area contributed by atoms with E-state index in [0.29, 0.717) is 17.9 Å². The Morgan fingerprint density at radius 1 is 1.41 bits per heavy atom. The molecule has 17 heavy (non-hydrogen) atoms. The van der Waals surface area contributed by atoms with Crippen molar-refractivity contribution in [1.29, 1.82) is 0 Å². The molecule has 0 N–H and O–H groups in total. The van der Waals surface area contributed by atoms with Crippen LogP contribution < -0.4 is 4.74 Å². The molecule has 0 aliphatic rings. The van der Waals surface area contributed by atoms with E-state index in [-0.39, 0.29) is 5.02 Å². The molecule has 0 aliphatic heterocycles. The van der Waals surface area contributed by atoms with Crippen LogP contribution in [0, 0.1) is 6.92 Å². The van der Waals surface area contributed by atoms with E-state index in [9.17, 15) is 18.0 Å². The third-order valence-corrected chi connectivity index (χ3v) is 2.63. The summed E-state index contributed by atoms with van der Waals surface area (Å²) in [6.07, 6.45) is -4.93. The zero-order valence-corrected chi connectivity index (χ0v) is 9.95. The number of Topliss-reactive ketones (excluding diaryl/α,β-unsaturated/α-hetero) is 1. The summed E-state index contributed by atoms with van der Waals surface area (Å²) in [5.74, 6) is -1.58. The summed E-state index contributed by atoms with van der Waals surface area (Å²) in [5, 5.41) is -0.224. The van der Waals surface area contributed by atoms with Gasteiger partial charge in [0.25, 0.3) is 5.78 Å². The molecule has 0 saturated heterocycles. The highest BCUT2D eigenvalue weighted by Crippen LogP contribution is 2.32. The molecule has 94 valence electrons. The Balaban J connectivity index is 3.22. The third kappa shape index (κ3) is 2.91. The number of carbonyl (C=O) groups is 1. The highest BCUT2D eigenvalue weighted by atomic mass is 35.5. The second kappa shape index (κ2) is 4.96. The van der Waals surface area contributed by atoms with Gasteiger partial charge in [0.1, 0.15) is 5.75 Å². The average molecular weight is 267 g/mol. The van der Waals surface area contributed by atoms with Crippen molar-refractivity contribution in [1.82, 2.24) is 0 Å². The number of benzene rings is 1. The van der Waals surface area contributed by atoms with E-state index >= 15 is 0 Å². The van der Waals surface area contributed by atoms with Gasteiger partial charge in [-0.15, -0.1) is 0 Å². The van der Waals surface area contributed by atoms with E-state index in [1.807, 2.05) is 0 Å². The van der Waals surface area contributed by atoms with Crippen LogP contribution in [0.5, 0.6) is 5.75 Å². The highest BCUT2D eigenvalue weighted by Gasteiger charge is 2.40. The molecular weight excluding hydrogens is 257 g/mol. The smallest absolute Gasteiger partial charge is 0.454 e. The molecule has 0 amide bonds. The van der Waals surface area contributed by atoms with Crippen molar-refractivity contribution < 1.29 is 22.7 Å². The molecule has 0 saturated carbocycles. The van der Waals surface area contributed by atoms with Crippen LogP contribution in [-0.2, 0) is 0 Å². The zero-order valence-electron chi connectivity index (χ0n) is 9.19. The fourth-order valence-corrected chi connectivity index (χ4v) is 1.55. The van der Waals surface area contributed by atoms with E-state index < -0.39 is 17.5 Å². The van der Waals surface area contributed by atoms with Gasteiger partial charge in [0.15, 0.2) is 0 Å². The van der Waals surface area contributed by atoms with Gasteiger partial charge in [-0.25, -0.2) is 0 Å². The summed E-state index contributed by atoms with van der Waals surface area (Å²) in [6, 6.07) is 2.33. The van der Waals surface area contributed by atoms with Gasteiger partial charge in [-0.2, -0.15) is 13.2 Å². The molecule has 0 aliphatic carbocycles. The second-order valence-corrected chi connectivity index (χ2v) is 3.69. The van der Waals surface area contributed by atoms with Gasteiger partial charge in [0.05, 0.1) is 11.6 Å². The molecule has 1 rings (SSSR count). The molecule has 0 aromatic heterocycles. The zero-order chi connectivity index (χ0) is 13.2. The Hall–Kier alpha value is -1.23. The minimum absolute atomic E-state index is 0.224. The van der Waals surface area contributed by atoms with Crippen LogP contribution in [-0.4, -0.2) is 18.6 Å². The first-order valence-electron chi connectivity index (χ1n) is 4.82. The van der Waals surface area contributed by atoms with Gasteiger partial charge in [-0.1, -0.05) is 11.6 Å². The largest absolute Gasteiger partial charge is 0.494 e. The fourth-order valence-electron chi connectivity index (χ4n) is 1.31. The van der Waals surface area contributed by atoms with Crippen molar-refractivity contribution in [2.45, 2.75) is 20.0 Å². The van der Waals surface area contributed by atoms with Gasteiger partial charge < -0.3 is 4.74 Å². The summed E-state index contributed by atoms with van der Waals surface area (Å²) >= 11 is 5.73. The van der Waals surface area contributed by atoms with E-state index in [2.05, 4.69) is 0 Å². The molecular formula is C11H10ClF3O2. The monoisotopic (exact) mass is 266 g/mol. The Kier molecular flexibility index (Phi) is 4.03. The van der Waals surface area contributed by atoms with Crippen molar-refractivity contribution in [3.63, 3.8) is 0 Å². The summed E-state index contributed by atoms with van der Waals surface area (Å²) in [7, 11) is 0. The van der Waals surface area contributed by atoms with Crippen molar-refractivity contribution >= 4 is 17.4 Å². The molecule has 0 heterocycles. The van der Waals surface area contributed by atoms with Crippen LogP contribution in [0.25, 0.3) is 0 Å². The molecule has 1 aromatic carbocycles. The summed E-state index contributed by atoms with van der Waals surface area (Å²) < 4.78 is 41.9. The minimum atomic E-state index is -4.93. The van der Waals surface area contributed by atoms with Gasteiger partial charge in [0.2, 0.25) is 0 Å². The van der Waals surface area contributed by atoms with Crippen molar-refractivity contribution in [2.75, 3.05) is 6.61 Å². The quantitative estimate of drug-likeness (QED) is 0.778. The van der Waals surface area contributed by atoms with Gasteiger partial charge in [-0.05, 0) is 26.0 Å². The lowest BCUT2D eigenvalue weighted by molar-refractivity contribution is -0.0885. The first-order valence-corrected chi connectivity index (χ1v) is 5.20. The number of carbonyl (C=O) groups excluding carboxylic acids is 1. The van der Waals surface area contributed by atoms with Crippen molar-refractivity contribution in [3.8, 4) is 5.75 Å². The number of alkyl halides is 3. The highest BCUT2D eigenvalue weighted by molar-refractivity contribution is 6.35. The molecule has 6 heteroatoms. The van der Waals surface area contributed by atoms with Gasteiger partial charge in [-0.3, -0.25) is 4.79 Å². The van der Waals surface area contributed by atoms with Crippen LogP contribution in [0.15, 0.2) is 12.1 Å². The lowest BCUT2D eigenvalue weighted by Crippen LogP contribution is -2.23. The lowest BCUT2D eigenvalue weighted by Gasteiger charge is -2.12.